The maximum Gasteiger partial charge on any atom is 0.261 e. The summed E-state index contributed by atoms with van der Waals surface area (Å²) in [4.78, 5) is 4.92. The Morgan fingerprint density at radius 2 is 1.38 bits per heavy atom. The Morgan fingerprint density at radius 1 is 0.792 bits per heavy atom. The molecule has 2 saturated heterocycles. The highest BCUT2D eigenvalue weighted by Gasteiger charge is 2.65. The van der Waals surface area contributed by atoms with Crippen LogP contribution in [0.15, 0.2) is 115 Å². The van der Waals surface area contributed by atoms with Crippen LogP contribution in [0.3, 0.4) is 0 Å². The average molecular weight is 665 g/mol. The number of aromatic nitrogens is 2. The lowest BCUT2D eigenvalue weighted by molar-refractivity contribution is -0.287. The van der Waals surface area contributed by atoms with E-state index in [1.807, 2.05) is 85.1 Å². The number of imidazole rings is 1. The molecule has 2 fully saturated rings. The Labute approximate surface area is 283 Å². The van der Waals surface area contributed by atoms with Crippen molar-refractivity contribution in [2.45, 2.75) is 82.9 Å². The normalized spacial score (nSPS) is 23.8. The zero-order valence-electron chi connectivity index (χ0n) is 28.2. The molecule has 48 heavy (non-hydrogen) atoms. The summed E-state index contributed by atoms with van der Waals surface area (Å²) in [5.74, 6) is -2.59. The molecular formula is C39H44N2O6Si. The Bertz CT molecular complexity index is 1800. The molecule has 0 saturated carbocycles. The third-order valence-corrected chi connectivity index (χ3v) is 14.4. The number of nitrogens with zero attached hydrogens (tertiary/aromatic N) is 2. The van der Waals surface area contributed by atoms with Crippen LogP contribution in [0.4, 0.5) is 0 Å². The SMILES string of the molecule is CC1(C)O[C@H]2[C@@H](O1)C(O)(c1nc3ccccc3n1COCc1ccccc1)O[C@@H]2CO[Si](c1ccccc1)(c1ccccc1)C(C)(C)C. The first-order chi connectivity index (χ1) is 23.0. The molecule has 4 aromatic carbocycles. The third-order valence-electron chi connectivity index (χ3n) is 9.40. The Morgan fingerprint density at radius 3 is 2.00 bits per heavy atom. The van der Waals surface area contributed by atoms with Crippen molar-refractivity contribution in [2.75, 3.05) is 6.61 Å². The largest absolute Gasteiger partial charge is 0.405 e. The van der Waals surface area contributed by atoms with Crippen molar-refractivity contribution in [1.82, 2.24) is 9.55 Å². The molecule has 1 N–H and O–H groups in total. The van der Waals surface area contributed by atoms with E-state index in [-0.39, 0.29) is 18.4 Å². The molecule has 5 aromatic rings. The van der Waals surface area contributed by atoms with Crippen LogP contribution in [-0.4, -0.2) is 53.7 Å². The number of fused-ring (bicyclic) bond motifs is 2. The van der Waals surface area contributed by atoms with Crippen molar-refractivity contribution in [1.29, 1.82) is 0 Å². The fourth-order valence-corrected chi connectivity index (χ4v) is 11.9. The lowest BCUT2D eigenvalue weighted by Crippen LogP contribution is -2.67. The van der Waals surface area contributed by atoms with Gasteiger partial charge in [-0.05, 0) is 47.0 Å². The molecule has 0 amide bonds. The van der Waals surface area contributed by atoms with Crippen molar-refractivity contribution >= 4 is 29.7 Å². The minimum atomic E-state index is -2.91. The maximum atomic E-state index is 12.6. The summed E-state index contributed by atoms with van der Waals surface area (Å²) in [6.07, 6.45) is -2.12. The van der Waals surface area contributed by atoms with Gasteiger partial charge >= 0.3 is 0 Å². The zero-order valence-corrected chi connectivity index (χ0v) is 29.2. The van der Waals surface area contributed by atoms with E-state index in [2.05, 4.69) is 69.3 Å². The van der Waals surface area contributed by atoms with Crippen LogP contribution >= 0.6 is 0 Å². The van der Waals surface area contributed by atoms with E-state index in [1.165, 1.54) is 0 Å². The van der Waals surface area contributed by atoms with E-state index >= 15 is 0 Å². The van der Waals surface area contributed by atoms with Crippen LogP contribution < -0.4 is 10.4 Å². The second kappa shape index (κ2) is 12.7. The highest BCUT2D eigenvalue weighted by molar-refractivity contribution is 6.99. The Balaban J connectivity index is 1.25. The number of aliphatic hydroxyl groups is 1. The second-order valence-electron chi connectivity index (χ2n) is 14.2. The van der Waals surface area contributed by atoms with Crippen molar-refractivity contribution in [3.63, 3.8) is 0 Å². The number of ether oxygens (including phenoxy) is 4. The van der Waals surface area contributed by atoms with Gasteiger partial charge in [0.15, 0.2) is 17.7 Å². The molecule has 2 aliphatic rings. The number of benzene rings is 4. The highest BCUT2D eigenvalue weighted by atomic mass is 28.4. The van der Waals surface area contributed by atoms with E-state index in [0.717, 1.165) is 27.0 Å². The van der Waals surface area contributed by atoms with Gasteiger partial charge in [0.1, 0.15) is 18.9 Å². The summed E-state index contributed by atoms with van der Waals surface area (Å²) < 4.78 is 34.9. The summed E-state index contributed by atoms with van der Waals surface area (Å²) in [5.41, 5.74) is 2.59. The van der Waals surface area contributed by atoms with E-state index in [1.54, 1.807) is 0 Å². The van der Waals surface area contributed by atoms with E-state index < -0.39 is 38.2 Å². The zero-order chi connectivity index (χ0) is 33.6. The number of hydrogen-bond donors (Lipinski definition) is 1. The lowest BCUT2D eigenvalue weighted by Gasteiger charge is -2.43. The minimum absolute atomic E-state index is 0.154. The highest BCUT2D eigenvalue weighted by Crippen LogP contribution is 2.48. The van der Waals surface area contributed by atoms with Gasteiger partial charge in [-0.3, -0.25) is 4.57 Å². The smallest absolute Gasteiger partial charge is 0.261 e. The van der Waals surface area contributed by atoms with E-state index in [9.17, 15) is 5.11 Å². The van der Waals surface area contributed by atoms with Crippen molar-refractivity contribution in [2.24, 2.45) is 0 Å². The van der Waals surface area contributed by atoms with Gasteiger partial charge in [-0.25, -0.2) is 4.98 Å². The van der Waals surface area contributed by atoms with Crippen LogP contribution in [0, 0.1) is 0 Å². The molecular weight excluding hydrogens is 621 g/mol. The molecule has 9 heteroatoms. The quantitative estimate of drug-likeness (QED) is 0.188. The fourth-order valence-electron chi connectivity index (χ4n) is 7.31. The molecule has 7 rings (SSSR count). The first-order valence-corrected chi connectivity index (χ1v) is 18.5. The van der Waals surface area contributed by atoms with Gasteiger partial charge < -0.3 is 28.5 Å². The molecule has 1 unspecified atom stereocenters. The summed E-state index contributed by atoms with van der Waals surface area (Å²) >= 11 is 0. The minimum Gasteiger partial charge on any atom is -0.405 e. The molecule has 0 aliphatic carbocycles. The average Bonchev–Trinajstić information content (AvgIpc) is 3.70. The molecule has 0 spiro atoms. The van der Waals surface area contributed by atoms with Gasteiger partial charge in [0, 0.05) is 0 Å². The predicted molar refractivity (Wildman–Crippen MR) is 187 cm³/mol. The van der Waals surface area contributed by atoms with Crippen molar-refractivity contribution < 1.29 is 28.5 Å². The first-order valence-electron chi connectivity index (χ1n) is 16.6. The predicted octanol–water partition coefficient (Wildman–Crippen LogP) is 5.85. The molecule has 250 valence electrons. The number of rotatable bonds is 10. The van der Waals surface area contributed by atoms with Crippen LogP contribution in [0.25, 0.3) is 11.0 Å². The van der Waals surface area contributed by atoms with Gasteiger partial charge in [-0.15, -0.1) is 0 Å². The van der Waals surface area contributed by atoms with Gasteiger partial charge in [0.05, 0.1) is 24.2 Å². The number of para-hydroxylation sites is 2. The standard InChI is InChI=1S/C39H44N2O6Si/c1-37(2,3)48(29-19-11-7-12-20-29,30-21-13-8-14-22-30)44-26-33-34-35(47-38(4,5)46-34)39(42,45-33)36-40-31-23-15-16-24-32(31)41(36)27-43-25-28-17-9-6-10-18-28/h6-24,33-35,42H,25-27H2,1-5H3/t33-,34-,35-,39?/m1/s1. The monoisotopic (exact) mass is 664 g/mol. The molecule has 1 aromatic heterocycles. The molecule has 3 heterocycles. The van der Waals surface area contributed by atoms with Crippen molar-refractivity contribution in [3.8, 4) is 0 Å². The van der Waals surface area contributed by atoms with Crippen LogP contribution in [-0.2, 0) is 42.5 Å². The molecule has 4 atom stereocenters. The summed E-state index contributed by atoms with van der Waals surface area (Å²) in [6, 6.07) is 38.7. The summed E-state index contributed by atoms with van der Waals surface area (Å²) in [6.45, 7) is 11.2. The summed E-state index contributed by atoms with van der Waals surface area (Å²) in [7, 11) is -2.91. The lowest BCUT2D eigenvalue weighted by atomic mass is 10.0. The number of hydrogen-bond acceptors (Lipinski definition) is 7. The third kappa shape index (κ3) is 5.83. The Kier molecular flexibility index (Phi) is 8.66. The van der Waals surface area contributed by atoms with Gasteiger partial charge in [0.25, 0.3) is 14.1 Å². The summed E-state index contributed by atoms with van der Waals surface area (Å²) in [5, 5.41) is 14.7. The van der Waals surface area contributed by atoms with Crippen LogP contribution in [0.1, 0.15) is 46.0 Å². The van der Waals surface area contributed by atoms with Gasteiger partial charge in [-0.1, -0.05) is 124 Å². The van der Waals surface area contributed by atoms with Crippen LogP contribution in [0.2, 0.25) is 5.04 Å². The van der Waals surface area contributed by atoms with Gasteiger partial charge in [-0.2, -0.15) is 0 Å². The molecule has 0 radical (unpaired) electrons. The van der Waals surface area contributed by atoms with Crippen molar-refractivity contribution in [3.05, 3.63) is 127 Å². The molecule has 8 nitrogen and oxygen atoms in total. The van der Waals surface area contributed by atoms with E-state index in [4.69, 9.17) is 28.4 Å². The topological polar surface area (TPSA) is 84.2 Å². The second-order valence-corrected chi connectivity index (χ2v) is 18.5. The Hall–Kier alpha value is -3.67. The molecule has 0 bridgehead atoms. The van der Waals surface area contributed by atoms with E-state index in [0.29, 0.717) is 12.4 Å². The molecule has 2 aliphatic heterocycles. The van der Waals surface area contributed by atoms with Crippen LogP contribution in [0.5, 0.6) is 0 Å². The fraction of sp³-hybridized carbons (Fsp3) is 0.359. The maximum absolute atomic E-state index is 12.6. The first kappa shape index (κ1) is 32.9. The van der Waals surface area contributed by atoms with Gasteiger partial charge in [0.2, 0.25) is 0 Å².